The fraction of sp³-hybridized carbons (Fsp3) is 0.800. The van der Waals surface area contributed by atoms with E-state index in [1.54, 1.807) is 27.7 Å². The molecule has 1 rings (SSSR count). The van der Waals surface area contributed by atoms with Crippen LogP contribution in [0.3, 0.4) is 0 Å². The summed E-state index contributed by atoms with van der Waals surface area (Å²) in [5.41, 5.74) is -1.90. The van der Waals surface area contributed by atoms with Crippen molar-refractivity contribution >= 4 is 18.0 Å². The van der Waals surface area contributed by atoms with Gasteiger partial charge in [-0.05, 0) is 47.0 Å². The predicted molar refractivity (Wildman–Crippen MR) is 78.0 cm³/mol. The summed E-state index contributed by atoms with van der Waals surface area (Å²) in [6, 6.07) is 0. The van der Waals surface area contributed by atoms with Gasteiger partial charge in [0.1, 0.15) is 17.2 Å². The Labute approximate surface area is 130 Å². The highest BCUT2D eigenvalue weighted by Gasteiger charge is 2.51. The van der Waals surface area contributed by atoms with Crippen molar-refractivity contribution < 1.29 is 29.0 Å². The lowest BCUT2D eigenvalue weighted by Crippen LogP contribution is -2.55. The Morgan fingerprint density at radius 1 is 1.32 bits per heavy atom. The van der Waals surface area contributed by atoms with Crippen LogP contribution in [0, 0.1) is 0 Å². The normalized spacial score (nSPS) is 23.1. The molecule has 7 nitrogen and oxygen atoms in total. The highest BCUT2D eigenvalue weighted by Crippen LogP contribution is 2.35. The quantitative estimate of drug-likeness (QED) is 0.628. The van der Waals surface area contributed by atoms with Crippen molar-refractivity contribution in [3.63, 3.8) is 0 Å². The summed E-state index contributed by atoms with van der Waals surface area (Å²) in [6.07, 6.45) is -0.680. The van der Waals surface area contributed by atoms with E-state index in [0.29, 0.717) is 25.8 Å². The van der Waals surface area contributed by atoms with E-state index in [4.69, 9.17) is 14.6 Å². The summed E-state index contributed by atoms with van der Waals surface area (Å²) in [4.78, 5) is 37.5. The fourth-order valence-electron chi connectivity index (χ4n) is 2.46. The van der Waals surface area contributed by atoms with Gasteiger partial charge in [0, 0.05) is 6.54 Å². The van der Waals surface area contributed by atoms with E-state index in [1.165, 1.54) is 11.8 Å². The SMILES string of the molecule is CC[C@@]1(C(=O)OC(=O)[C@H](C)O)CCCN1C(=O)OC(C)(C)C. The highest BCUT2D eigenvalue weighted by molar-refractivity contribution is 5.94. The third-order valence-electron chi connectivity index (χ3n) is 3.60. The van der Waals surface area contributed by atoms with E-state index < -0.39 is 35.3 Å². The van der Waals surface area contributed by atoms with E-state index in [-0.39, 0.29) is 0 Å². The largest absolute Gasteiger partial charge is 0.444 e. The molecule has 0 spiro atoms. The summed E-state index contributed by atoms with van der Waals surface area (Å²) in [5, 5.41) is 9.17. The maximum atomic E-state index is 12.4. The van der Waals surface area contributed by atoms with Gasteiger partial charge in [-0.25, -0.2) is 14.4 Å². The minimum atomic E-state index is -1.39. The van der Waals surface area contributed by atoms with E-state index in [0.717, 1.165) is 0 Å². The molecule has 1 aliphatic heterocycles. The number of rotatable bonds is 3. The van der Waals surface area contributed by atoms with Gasteiger partial charge in [-0.15, -0.1) is 0 Å². The van der Waals surface area contributed by atoms with Gasteiger partial charge in [0.25, 0.3) is 0 Å². The van der Waals surface area contributed by atoms with Crippen LogP contribution in [-0.4, -0.2) is 51.8 Å². The molecule has 1 amide bonds. The van der Waals surface area contributed by atoms with Crippen LogP contribution in [0.15, 0.2) is 0 Å². The van der Waals surface area contributed by atoms with Crippen molar-refractivity contribution in [2.45, 2.75) is 71.1 Å². The van der Waals surface area contributed by atoms with Gasteiger partial charge in [-0.3, -0.25) is 4.90 Å². The Bertz CT molecular complexity index is 453. The third-order valence-corrected chi connectivity index (χ3v) is 3.60. The van der Waals surface area contributed by atoms with Crippen LogP contribution in [0.1, 0.15) is 53.9 Å². The topological polar surface area (TPSA) is 93.1 Å². The lowest BCUT2D eigenvalue weighted by Gasteiger charge is -2.36. The smallest absolute Gasteiger partial charge is 0.411 e. The second kappa shape index (κ2) is 6.64. The number of ether oxygens (including phenoxy) is 2. The van der Waals surface area contributed by atoms with Crippen LogP contribution >= 0.6 is 0 Å². The lowest BCUT2D eigenvalue weighted by atomic mass is 9.93. The summed E-state index contributed by atoms with van der Waals surface area (Å²) in [5.74, 6) is -1.84. The minimum absolute atomic E-state index is 0.304. The monoisotopic (exact) mass is 315 g/mol. The first-order valence-electron chi connectivity index (χ1n) is 7.48. The van der Waals surface area contributed by atoms with Crippen LogP contribution in [-0.2, 0) is 19.1 Å². The van der Waals surface area contributed by atoms with Gasteiger partial charge in [0.05, 0.1) is 0 Å². The van der Waals surface area contributed by atoms with E-state index in [9.17, 15) is 14.4 Å². The molecule has 1 aliphatic rings. The molecule has 0 aromatic carbocycles. The van der Waals surface area contributed by atoms with Crippen molar-refractivity contribution in [3.8, 4) is 0 Å². The zero-order valence-electron chi connectivity index (χ0n) is 13.8. The van der Waals surface area contributed by atoms with E-state index in [1.807, 2.05) is 0 Å². The number of likely N-dealkylation sites (tertiary alicyclic amines) is 1. The molecule has 0 bridgehead atoms. The summed E-state index contributed by atoms with van der Waals surface area (Å²) in [6.45, 7) is 8.55. The zero-order chi connectivity index (χ0) is 17.1. The Morgan fingerprint density at radius 3 is 2.36 bits per heavy atom. The first-order valence-corrected chi connectivity index (χ1v) is 7.48. The molecule has 0 aromatic heterocycles. The molecule has 2 atom stereocenters. The molecule has 0 unspecified atom stereocenters. The van der Waals surface area contributed by atoms with Crippen molar-refractivity contribution in [3.05, 3.63) is 0 Å². The van der Waals surface area contributed by atoms with Gasteiger partial charge >= 0.3 is 18.0 Å². The van der Waals surface area contributed by atoms with Gasteiger partial charge in [0.15, 0.2) is 0 Å². The first-order chi connectivity index (χ1) is 10.0. The summed E-state index contributed by atoms with van der Waals surface area (Å²) in [7, 11) is 0. The number of hydrogen-bond donors (Lipinski definition) is 1. The van der Waals surface area contributed by atoms with Crippen molar-refractivity contribution in [1.82, 2.24) is 4.90 Å². The lowest BCUT2D eigenvalue weighted by molar-refractivity contribution is -0.172. The van der Waals surface area contributed by atoms with Crippen LogP contribution in [0.4, 0.5) is 4.79 Å². The fourth-order valence-corrected chi connectivity index (χ4v) is 2.46. The molecule has 0 radical (unpaired) electrons. The van der Waals surface area contributed by atoms with Crippen molar-refractivity contribution in [2.75, 3.05) is 6.54 Å². The van der Waals surface area contributed by atoms with Crippen LogP contribution in [0.25, 0.3) is 0 Å². The van der Waals surface area contributed by atoms with Crippen LogP contribution in [0.5, 0.6) is 0 Å². The molecule has 1 heterocycles. The second-order valence-electron chi connectivity index (χ2n) is 6.51. The van der Waals surface area contributed by atoms with Gasteiger partial charge in [-0.2, -0.15) is 0 Å². The molecule has 1 N–H and O–H groups in total. The number of hydrogen-bond acceptors (Lipinski definition) is 6. The second-order valence-corrected chi connectivity index (χ2v) is 6.51. The number of esters is 2. The maximum Gasteiger partial charge on any atom is 0.411 e. The standard InChI is InChI=1S/C15H25NO6/c1-6-15(12(19)21-11(18)10(2)17)8-7-9-16(15)13(20)22-14(3,4)5/h10,17H,6-9H2,1-5H3/t10-,15-/m0/s1. The minimum Gasteiger partial charge on any atom is -0.444 e. The summed E-state index contributed by atoms with van der Waals surface area (Å²) >= 11 is 0. The molecule has 1 saturated heterocycles. The molecular formula is C15H25NO6. The number of amides is 1. The highest BCUT2D eigenvalue weighted by atomic mass is 16.6. The average Bonchev–Trinajstić information content (AvgIpc) is 2.81. The predicted octanol–water partition coefficient (Wildman–Crippen LogP) is 1.62. The Hall–Kier alpha value is -1.63. The van der Waals surface area contributed by atoms with Crippen LogP contribution in [0.2, 0.25) is 0 Å². The Balaban J connectivity index is 2.96. The number of aliphatic hydroxyl groups excluding tert-OH is 1. The molecule has 1 fully saturated rings. The van der Waals surface area contributed by atoms with Crippen LogP contribution < -0.4 is 0 Å². The molecule has 0 aliphatic carbocycles. The van der Waals surface area contributed by atoms with Crippen molar-refractivity contribution in [2.24, 2.45) is 0 Å². The first kappa shape index (κ1) is 18.4. The molecular weight excluding hydrogens is 290 g/mol. The number of aliphatic hydroxyl groups is 1. The third kappa shape index (κ3) is 3.97. The molecule has 22 heavy (non-hydrogen) atoms. The number of nitrogens with zero attached hydrogens (tertiary/aromatic N) is 1. The Morgan fingerprint density at radius 2 is 1.91 bits per heavy atom. The van der Waals surface area contributed by atoms with Gasteiger partial charge in [-0.1, -0.05) is 6.92 Å². The maximum absolute atomic E-state index is 12.4. The number of carbonyl (C=O) groups excluding carboxylic acids is 3. The van der Waals surface area contributed by atoms with Gasteiger partial charge in [0.2, 0.25) is 0 Å². The molecule has 126 valence electrons. The Kier molecular flexibility index (Phi) is 5.56. The van der Waals surface area contributed by atoms with E-state index in [2.05, 4.69) is 0 Å². The average molecular weight is 315 g/mol. The zero-order valence-corrected chi connectivity index (χ0v) is 13.8. The number of carbonyl (C=O) groups is 3. The van der Waals surface area contributed by atoms with E-state index >= 15 is 0 Å². The molecule has 0 aromatic rings. The molecule has 0 saturated carbocycles. The molecule has 7 heteroatoms. The van der Waals surface area contributed by atoms with Gasteiger partial charge < -0.3 is 14.6 Å². The van der Waals surface area contributed by atoms with Crippen molar-refractivity contribution in [1.29, 1.82) is 0 Å². The summed E-state index contributed by atoms with van der Waals surface area (Å²) < 4.78 is 10.0.